The Morgan fingerprint density at radius 3 is 2.29 bits per heavy atom. The summed E-state index contributed by atoms with van der Waals surface area (Å²) < 4.78 is 27.5. The van der Waals surface area contributed by atoms with Gasteiger partial charge in [-0.25, -0.2) is 13.2 Å². The Kier molecular flexibility index (Phi) is 2.61. The van der Waals surface area contributed by atoms with E-state index in [0.717, 1.165) is 11.8 Å². The van der Waals surface area contributed by atoms with Crippen LogP contribution < -0.4 is 5.32 Å². The summed E-state index contributed by atoms with van der Waals surface area (Å²) in [5.41, 5.74) is 0.225. The molecule has 0 spiro atoms. The lowest BCUT2D eigenvalue weighted by Crippen LogP contribution is -2.37. The monoisotopic (exact) mass is 255 g/mol. The zero-order chi connectivity index (χ0) is 12.7. The van der Waals surface area contributed by atoms with Crippen LogP contribution in [0.1, 0.15) is 12.5 Å². The van der Waals surface area contributed by atoms with Crippen LogP contribution >= 0.6 is 0 Å². The fourth-order valence-corrected chi connectivity index (χ4v) is 2.36. The van der Waals surface area contributed by atoms with E-state index in [1.54, 1.807) is 12.1 Å². The van der Waals surface area contributed by atoms with Crippen molar-refractivity contribution in [2.24, 2.45) is 0 Å². The molecule has 0 radical (unpaired) electrons. The van der Waals surface area contributed by atoms with E-state index in [1.165, 1.54) is 12.1 Å². The van der Waals surface area contributed by atoms with E-state index in [-0.39, 0.29) is 11.5 Å². The summed E-state index contributed by atoms with van der Waals surface area (Å²) in [5, 5.41) is 2.69. The Hall–Kier alpha value is -1.56. The Balaban J connectivity index is 2.33. The van der Waals surface area contributed by atoms with Crippen LogP contribution in [-0.2, 0) is 20.1 Å². The van der Waals surface area contributed by atoms with Crippen LogP contribution in [0.15, 0.2) is 29.2 Å². The van der Waals surface area contributed by atoms with E-state index >= 15 is 0 Å². The predicted molar refractivity (Wildman–Crippen MR) is 61.4 cm³/mol. The third-order valence-corrected chi connectivity index (χ3v) is 3.92. The number of cyclic esters (lactones) is 1. The lowest BCUT2D eigenvalue weighted by Gasteiger charge is -2.21. The first-order valence-electron chi connectivity index (χ1n) is 5.07. The van der Waals surface area contributed by atoms with E-state index in [9.17, 15) is 13.2 Å². The molecule has 0 saturated carbocycles. The van der Waals surface area contributed by atoms with Crippen molar-refractivity contribution in [3.05, 3.63) is 29.8 Å². The van der Waals surface area contributed by atoms with Gasteiger partial charge in [-0.1, -0.05) is 12.1 Å². The van der Waals surface area contributed by atoms with Gasteiger partial charge >= 0.3 is 6.09 Å². The Bertz CT molecular complexity index is 549. The van der Waals surface area contributed by atoms with Gasteiger partial charge in [0.1, 0.15) is 6.61 Å². The Labute approximate surface area is 99.7 Å². The number of carbonyl (C=O) groups is 1. The van der Waals surface area contributed by atoms with E-state index in [4.69, 9.17) is 4.74 Å². The molecule has 2 rings (SSSR count). The number of amides is 1. The number of benzene rings is 1. The molecule has 1 saturated heterocycles. The summed E-state index contributed by atoms with van der Waals surface area (Å²) in [6.45, 7) is 2.07. The maximum absolute atomic E-state index is 11.3. The van der Waals surface area contributed by atoms with Crippen molar-refractivity contribution in [2.75, 3.05) is 12.9 Å². The first-order valence-corrected chi connectivity index (χ1v) is 6.96. The number of ether oxygens (including phenoxy) is 1. The second-order valence-electron chi connectivity index (χ2n) is 4.33. The van der Waals surface area contributed by atoms with Crippen molar-refractivity contribution in [2.45, 2.75) is 17.4 Å². The number of carbonyl (C=O) groups excluding carboxylic acids is 1. The smallest absolute Gasteiger partial charge is 0.408 e. The van der Waals surface area contributed by atoms with Crippen LogP contribution in [0.4, 0.5) is 4.79 Å². The molecule has 17 heavy (non-hydrogen) atoms. The van der Waals surface area contributed by atoms with Crippen molar-refractivity contribution in [3.63, 3.8) is 0 Å². The first-order chi connectivity index (χ1) is 7.81. The highest BCUT2D eigenvalue weighted by Crippen LogP contribution is 2.26. The third kappa shape index (κ3) is 2.26. The molecule has 0 aromatic heterocycles. The molecule has 1 amide bonds. The number of rotatable bonds is 2. The van der Waals surface area contributed by atoms with Gasteiger partial charge in [0.2, 0.25) is 0 Å². The van der Waals surface area contributed by atoms with Gasteiger partial charge in [-0.2, -0.15) is 0 Å². The molecule has 1 heterocycles. The minimum Gasteiger partial charge on any atom is -0.447 e. The maximum atomic E-state index is 11.3. The second-order valence-corrected chi connectivity index (χ2v) is 6.35. The largest absolute Gasteiger partial charge is 0.447 e. The lowest BCUT2D eigenvalue weighted by molar-refractivity contribution is 0.173. The average Bonchev–Trinajstić information content (AvgIpc) is 2.59. The number of alkyl carbamates (subject to hydrolysis) is 1. The molecule has 0 bridgehead atoms. The second kappa shape index (κ2) is 3.73. The zero-order valence-corrected chi connectivity index (χ0v) is 10.4. The number of hydrogen-bond donors (Lipinski definition) is 1. The average molecular weight is 255 g/mol. The maximum Gasteiger partial charge on any atom is 0.408 e. The van der Waals surface area contributed by atoms with Crippen molar-refractivity contribution in [1.82, 2.24) is 5.32 Å². The van der Waals surface area contributed by atoms with Crippen LogP contribution in [0, 0.1) is 0 Å². The molecule has 1 unspecified atom stereocenters. The highest BCUT2D eigenvalue weighted by molar-refractivity contribution is 7.90. The molecule has 6 heteroatoms. The number of sulfone groups is 1. The standard InChI is InChI=1S/C11H13NO4S/c1-11(7-16-10(13)12-11)8-3-5-9(6-4-8)17(2,14)15/h3-6H,7H2,1-2H3,(H,12,13). The molecule has 1 N–H and O–H groups in total. The fraction of sp³-hybridized carbons (Fsp3) is 0.364. The minimum atomic E-state index is -3.19. The number of hydrogen-bond acceptors (Lipinski definition) is 4. The van der Waals surface area contributed by atoms with Gasteiger partial charge in [0.05, 0.1) is 10.4 Å². The van der Waals surface area contributed by atoms with E-state index in [0.29, 0.717) is 0 Å². The van der Waals surface area contributed by atoms with Gasteiger partial charge in [0.15, 0.2) is 9.84 Å². The van der Waals surface area contributed by atoms with Crippen LogP contribution in [-0.4, -0.2) is 27.4 Å². The summed E-state index contributed by atoms with van der Waals surface area (Å²) in [6, 6.07) is 6.43. The van der Waals surface area contributed by atoms with E-state index in [1.807, 2.05) is 6.92 Å². The molecule has 1 aliphatic rings. The molecule has 1 fully saturated rings. The topological polar surface area (TPSA) is 72.5 Å². The van der Waals surface area contributed by atoms with Gasteiger partial charge in [-0.05, 0) is 24.6 Å². The third-order valence-electron chi connectivity index (χ3n) is 2.79. The fourth-order valence-electron chi connectivity index (χ4n) is 1.73. The van der Waals surface area contributed by atoms with Gasteiger partial charge in [-0.15, -0.1) is 0 Å². The zero-order valence-electron chi connectivity index (χ0n) is 9.56. The SMILES string of the molecule is CC1(c2ccc(S(C)(=O)=O)cc2)COC(=O)N1. The highest BCUT2D eigenvalue weighted by Gasteiger charge is 2.36. The first kappa shape index (κ1) is 11.9. The number of nitrogens with one attached hydrogen (secondary N) is 1. The molecular formula is C11H13NO4S. The summed E-state index contributed by atoms with van der Waals surface area (Å²) in [7, 11) is -3.19. The summed E-state index contributed by atoms with van der Waals surface area (Å²) in [5.74, 6) is 0. The molecule has 1 aromatic carbocycles. The van der Waals surface area contributed by atoms with Crippen molar-refractivity contribution in [3.8, 4) is 0 Å². The van der Waals surface area contributed by atoms with Gasteiger partial charge in [0.25, 0.3) is 0 Å². The van der Waals surface area contributed by atoms with Gasteiger partial charge in [-0.3, -0.25) is 0 Å². The van der Waals surface area contributed by atoms with Crippen molar-refractivity contribution >= 4 is 15.9 Å². The molecule has 92 valence electrons. The van der Waals surface area contributed by atoms with Gasteiger partial charge in [0, 0.05) is 6.26 Å². The Morgan fingerprint density at radius 1 is 1.29 bits per heavy atom. The van der Waals surface area contributed by atoms with Crippen molar-refractivity contribution < 1.29 is 17.9 Å². The summed E-state index contributed by atoms with van der Waals surface area (Å²) in [4.78, 5) is 11.3. The molecule has 1 aromatic rings. The quantitative estimate of drug-likeness (QED) is 0.857. The summed E-state index contributed by atoms with van der Waals surface area (Å²) in [6.07, 6.45) is 0.698. The van der Waals surface area contributed by atoms with Crippen molar-refractivity contribution in [1.29, 1.82) is 0 Å². The highest BCUT2D eigenvalue weighted by atomic mass is 32.2. The Morgan fingerprint density at radius 2 is 1.88 bits per heavy atom. The van der Waals surface area contributed by atoms with Gasteiger partial charge < -0.3 is 10.1 Å². The summed E-state index contributed by atoms with van der Waals surface area (Å²) >= 11 is 0. The molecule has 1 aliphatic heterocycles. The van der Waals surface area contributed by atoms with Crippen LogP contribution in [0.5, 0.6) is 0 Å². The van der Waals surface area contributed by atoms with E-state index < -0.39 is 21.5 Å². The molecule has 0 aliphatic carbocycles. The van der Waals surface area contributed by atoms with Crippen LogP contribution in [0.3, 0.4) is 0 Å². The van der Waals surface area contributed by atoms with Crippen LogP contribution in [0.2, 0.25) is 0 Å². The molecular weight excluding hydrogens is 242 g/mol. The normalized spacial score (nSPS) is 24.2. The minimum absolute atomic E-state index is 0.240. The molecule has 5 nitrogen and oxygen atoms in total. The molecule has 1 atom stereocenters. The van der Waals surface area contributed by atoms with Crippen LogP contribution in [0.25, 0.3) is 0 Å². The lowest BCUT2D eigenvalue weighted by atomic mass is 9.94. The predicted octanol–water partition coefficient (Wildman–Crippen LogP) is 1.05. The van der Waals surface area contributed by atoms with E-state index in [2.05, 4.69) is 5.32 Å².